The number of rotatable bonds is 2. The molecule has 0 atom stereocenters. The van der Waals surface area contributed by atoms with E-state index in [1.54, 1.807) is 0 Å². The highest BCUT2D eigenvalue weighted by atomic mass is 35.5. The van der Waals surface area contributed by atoms with Crippen LogP contribution in [0.15, 0.2) is 18.3 Å². The van der Waals surface area contributed by atoms with Gasteiger partial charge in [-0.25, -0.2) is 4.98 Å². The lowest BCUT2D eigenvalue weighted by Crippen LogP contribution is -2.10. The maximum Gasteiger partial charge on any atom is 0.157 e. The predicted octanol–water partition coefficient (Wildman–Crippen LogP) is 3.69. The fraction of sp³-hybridized carbons (Fsp3) is 0.500. The van der Waals surface area contributed by atoms with Crippen molar-refractivity contribution < 1.29 is 0 Å². The van der Waals surface area contributed by atoms with Crippen LogP contribution in [0.1, 0.15) is 37.8 Å². The Labute approximate surface area is 112 Å². The number of hydrogen-bond donors (Lipinski definition) is 1. The van der Waals surface area contributed by atoms with Crippen LogP contribution in [0.5, 0.6) is 0 Å². The first-order valence-corrected chi connectivity index (χ1v) is 7.04. The molecule has 4 heteroatoms. The minimum absolute atomic E-state index is 0.666. The van der Waals surface area contributed by atoms with Gasteiger partial charge < -0.3 is 5.73 Å². The van der Waals surface area contributed by atoms with Gasteiger partial charge in [0.25, 0.3) is 0 Å². The summed E-state index contributed by atoms with van der Waals surface area (Å²) in [5.41, 5.74) is 7.96. The Bertz CT molecular complexity index is 555. The topological polar surface area (TPSA) is 43.3 Å². The molecule has 0 aromatic carbocycles. The molecule has 1 fully saturated rings. The molecule has 2 aromatic heterocycles. The van der Waals surface area contributed by atoms with Crippen molar-refractivity contribution in [2.24, 2.45) is 5.92 Å². The lowest BCUT2D eigenvalue weighted by Gasteiger charge is -2.20. The molecule has 3 rings (SSSR count). The van der Waals surface area contributed by atoms with Gasteiger partial charge in [0.1, 0.15) is 5.82 Å². The van der Waals surface area contributed by atoms with Crippen molar-refractivity contribution in [1.29, 1.82) is 0 Å². The summed E-state index contributed by atoms with van der Waals surface area (Å²) in [6.45, 7) is 0. The van der Waals surface area contributed by atoms with E-state index in [2.05, 4.69) is 4.98 Å². The van der Waals surface area contributed by atoms with E-state index in [0.29, 0.717) is 5.02 Å². The Morgan fingerprint density at radius 3 is 2.83 bits per heavy atom. The van der Waals surface area contributed by atoms with Crippen LogP contribution < -0.4 is 5.73 Å². The van der Waals surface area contributed by atoms with Gasteiger partial charge in [0, 0.05) is 6.20 Å². The SMILES string of the molecule is Nc1c(CC2CCCCC2)nc2c(Cl)cccn12. The van der Waals surface area contributed by atoms with Gasteiger partial charge in [0.05, 0.1) is 10.7 Å². The van der Waals surface area contributed by atoms with Crippen molar-refractivity contribution in [3.8, 4) is 0 Å². The van der Waals surface area contributed by atoms with Crippen molar-refractivity contribution in [2.75, 3.05) is 5.73 Å². The zero-order chi connectivity index (χ0) is 12.5. The summed E-state index contributed by atoms with van der Waals surface area (Å²) >= 11 is 6.15. The predicted molar refractivity (Wildman–Crippen MR) is 74.9 cm³/mol. The van der Waals surface area contributed by atoms with Gasteiger partial charge in [-0.2, -0.15) is 0 Å². The highest BCUT2D eigenvalue weighted by Crippen LogP contribution is 2.29. The van der Waals surface area contributed by atoms with Crippen LogP contribution in [0.3, 0.4) is 0 Å². The van der Waals surface area contributed by atoms with Crippen molar-refractivity contribution in [3.63, 3.8) is 0 Å². The van der Waals surface area contributed by atoms with Crippen molar-refractivity contribution in [3.05, 3.63) is 29.0 Å². The first kappa shape index (κ1) is 11.8. The highest BCUT2D eigenvalue weighted by molar-refractivity contribution is 6.33. The third-order valence-corrected chi connectivity index (χ3v) is 4.22. The van der Waals surface area contributed by atoms with Crippen LogP contribution in [-0.2, 0) is 6.42 Å². The fourth-order valence-corrected chi connectivity index (χ4v) is 3.12. The number of anilines is 1. The van der Waals surface area contributed by atoms with Crippen LogP contribution >= 0.6 is 11.6 Å². The van der Waals surface area contributed by atoms with E-state index in [1.165, 1.54) is 32.1 Å². The largest absolute Gasteiger partial charge is 0.383 e. The zero-order valence-electron chi connectivity index (χ0n) is 10.4. The minimum atomic E-state index is 0.666. The van der Waals surface area contributed by atoms with E-state index in [0.717, 1.165) is 29.5 Å². The molecule has 0 radical (unpaired) electrons. The third-order valence-electron chi connectivity index (χ3n) is 3.92. The smallest absolute Gasteiger partial charge is 0.157 e. The molecule has 2 aromatic rings. The molecule has 3 nitrogen and oxygen atoms in total. The normalized spacial score (nSPS) is 17.4. The molecule has 0 aliphatic heterocycles. The average Bonchev–Trinajstić information content (AvgIpc) is 2.70. The standard InChI is InChI=1S/C14H18ClN3/c15-11-7-4-8-18-13(16)12(17-14(11)18)9-10-5-2-1-3-6-10/h4,7-8,10H,1-3,5-6,9,16H2. The number of fused-ring (bicyclic) bond motifs is 1. The van der Waals surface area contributed by atoms with E-state index >= 15 is 0 Å². The second kappa shape index (κ2) is 4.81. The maximum absolute atomic E-state index is 6.17. The number of imidazole rings is 1. The van der Waals surface area contributed by atoms with Gasteiger partial charge in [0.15, 0.2) is 5.65 Å². The average molecular weight is 264 g/mol. The van der Waals surface area contributed by atoms with E-state index < -0.39 is 0 Å². The van der Waals surface area contributed by atoms with Crippen molar-refractivity contribution in [1.82, 2.24) is 9.38 Å². The van der Waals surface area contributed by atoms with Crippen LogP contribution in [-0.4, -0.2) is 9.38 Å². The van der Waals surface area contributed by atoms with Crippen LogP contribution in [0.4, 0.5) is 5.82 Å². The molecule has 96 valence electrons. The fourth-order valence-electron chi connectivity index (χ4n) is 2.91. The molecular formula is C14H18ClN3. The Hall–Kier alpha value is -1.22. The molecule has 1 aliphatic rings. The number of nitrogens with two attached hydrogens (primary N) is 1. The maximum atomic E-state index is 6.17. The van der Waals surface area contributed by atoms with Crippen molar-refractivity contribution >= 4 is 23.1 Å². The summed E-state index contributed by atoms with van der Waals surface area (Å²) in [5, 5.41) is 0.666. The van der Waals surface area contributed by atoms with E-state index in [9.17, 15) is 0 Å². The molecule has 0 amide bonds. The van der Waals surface area contributed by atoms with E-state index in [4.69, 9.17) is 17.3 Å². The molecular weight excluding hydrogens is 246 g/mol. The van der Waals surface area contributed by atoms with Crippen molar-refractivity contribution in [2.45, 2.75) is 38.5 Å². The molecule has 2 N–H and O–H groups in total. The van der Waals surface area contributed by atoms with Gasteiger partial charge in [-0.1, -0.05) is 43.7 Å². The molecule has 0 saturated heterocycles. The van der Waals surface area contributed by atoms with Gasteiger partial charge in [-0.15, -0.1) is 0 Å². The lowest BCUT2D eigenvalue weighted by molar-refractivity contribution is 0.355. The number of halogens is 1. The summed E-state index contributed by atoms with van der Waals surface area (Å²) < 4.78 is 1.89. The highest BCUT2D eigenvalue weighted by Gasteiger charge is 2.18. The minimum Gasteiger partial charge on any atom is -0.383 e. The van der Waals surface area contributed by atoms with E-state index in [-0.39, 0.29) is 0 Å². The monoisotopic (exact) mass is 263 g/mol. The van der Waals surface area contributed by atoms with Gasteiger partial charge in [0.2, 0.25) is 0 Å². The quantitative estimate of drug-likeness (QED) is 0.898. The molecule has 0 bridgehead atoms. The first-order valence-electron chi connectivity index (χ1n) is 6.66. The number of nitrogens with zero attached hydrogens (tertiary/aromatic N) is 2. The number of aromatic nitrogens is 2. The Morgan fingerprint density at radius 2 is 2.11 bits per heavy atom. The van der Waals surface area contributed by atoms with Crippen LogP contribution in [0, 0.1) is 5.92 Å². The van der Waals surface area contributed by atoms with Gasteiger partial charge in [-0.3, -0.25) is 4.40 Å². The summed E-state index contributed by atoms with van der Waals surface area (Å²) in [6.07, 6.45) is 9.60. The number of nitrogen functional groups attached to an aromatic ring is 1. The summed E-state index contributed by atoms with van der Waals surface area (Å²) in [5.74, 6) is 1.49. The Balaban J connectivity index is 1.92. The Morgan fingerprint density at radius 1 is 1.33 bits per heavy atom. The second-order valence-corrected chi connectivity index (χ2v) is 5.61. The molecule has 2 heterocycles. The van der Waals surface area contributed by atoms with Crippen LogP contribution in [0.2, 0.25) is 5.02 Å². The molecule has 0 unspecified atom stereocenters. The molecule has 18 heavy (non-hydrogen) atoms. The summed E-state index contributed by atoms with van der Waals surface area (Å²) in [4.78, 5) is 4.61. The Kier molecular flexibility index (Phi) is 3.16. The molecule has 1 aliphatic carbocycles. The lowest BCUT2D eigenvalue weighted by atomic mass is 9.86. The van der Waals surface area contributed by atoms with Gasteiger partial charge in [-0.05, 0) is 24.5 Å². The second-order valence-electron chi connectivity index (χ2n) is 5.20. The number of pyridine rings is 1. The zero-order valence-corrected chi connectivity index (χ0v) is 11.2. The van der Waals surface area contributed by atoms with Gasteiger partial charge >= 0.3 is 0 Å². The number of hydrogen-bond acceptors (Lipinski definition) is 2. The summed E-state index contributed by atoms with van der Waals surface area (Å²) in [7, 11) is 0. The molecule has 1 saturated carbocycles. The van der Waals surface area contributed by atoms with E-state index in [1.807, 2.05) is 22.7 Å². The van der Waals surface area contributed by atoms with Crippen LogP contribution in [0.25, 0.3) is 5.65 Å². The first-order chi connectivity index (χ1) is 8.75. The summed E-state index contributed by atoms with van der Waals surface area (Å²) in [6, 6.07) is 3.76. The molecule has 0 spiro atoms. The third kappa shape index (κ3) is 2.07.